The van der Waals surface area contributed by atoms with Crippen LogP contribution in [0.1, 0.15) is 27.7 Å². The van der Waals surface area contributed by atoms with E-state index in [1.54, 1.807) is 6.20 Å². The lowest BCUT2D eigenvalue weighted by molar-refractivity contribution is 0.0942. The first-order chi connectivity index (χ1) is 10.7. The quantitative estimate of drug-likeness (QED) is 0.736. The highest BCUT2D eigenvalue weighted by molar-refractivity contribution is 9.11. The third kappa shape index (κ3) is 3.43. The number of thiophene rings is 1. The fraction of sp³-hybridized carbons (Fsp3) is 0.0588. The molecule has 5 heteroatoms. The summed E-state index contributed by atoms with van der Waals surface area (Å²) in [4.78, 5) is 16.8. The molecule has 0 saturated heterocycles. The van der Waals surface area contributed by atoms with Gasteiger partial charge in [0.25, 0.3) is 5.91 Å². The van der Waals surface area contributed by atoms with Crippen molar-refractivity contribution >= 4 is 33.2 Å². The lowest BCUT2D eigenvalue weighted by Crippen LogP contribution is -2.29. The van der Waals surface area contributed by atoms with E-state index in [0.29, 0.717) is 5.56 Å². The third-order valence-corrected chi connectivity index (χ3v) is 4.73. The van der Waals surface area contributed by atoms with Gasteiger partial charge in [0.1, 0.15) is 0 Å². The first-order valence-electron chi connectivity index (χ1n) is 6.75. The predicted molar refractivity (Wildman–Crippen MR) is 92.0 cm³/mol. The Morgan fingerprint density at radius 1 is 1.14 bits per heavy atom. The summed E-state index contributed by atoms with van der Waals surface area (Å²) in [5.41, 5.74) is 2.47. The molecule has 0 unspecified atom stereocenters. The van der Waals surface area contributed by atoms with E-state index in [4.69, 9.17) is 0 Å². The molecule has 0 aliphatic heterocycles. The standard InChI is InChI=1S/C17H13BrN2OS/c18-15-10-13(11-22-15)17(21)20-16(12-6-2-1-3-7-12)14-8-4-5-9-19-14/h1-11,16H,(H,20,21)/t16-/m0/s1. The van der Waals surface area contributed by atoms with Crippen LogP contribution in [0, 0.1) is 0 Å². The van der Waals surface area contributed by atoms with Crippen molar-refractivity contribution in [2.24, 2.45) is 0 Å². The summed E-state index contributed by atoms with van der Waals surface area (Å²) in [5.74, 6) is -0.110. The molecule has 22 heavy (non-hydrogen) atoms. The largest absolute Gasteiger partial charge is 0.340 e. The zero-order chi connectivity index (χ0) is 15.4. The van der Waals surface area contributed by atoms with E-state index < -0.39 is 0 Å². The second-order valence-corrected chi connectivity index (χ2v) is 7.00. The van der Waals surface area contributed by atoms with Gasteiger partial charge in [-0.15, -0.1) is 11.3 Å². The summed E-state index contributed by atoms with van der Waals surface area (Å²) < 4.78 is 0.937. The van der Waals surface area contributed by atoms with Crippen molar-refractivity contribution in [3.63, 3.8) is 0 Å². The van der Waals surface area contributed by atoms with Gasteiger partial charge >= 0.3 is 0 Å². The molecule has 3 nitrogen and oxygen atoms in total. The molecule has 2 heterocycles. The maximum atomic E-state index is 12.5. The summed E-state index contributed by atoms with van der Waals surface area (Å²) in [5, 5.41) is 4.90. The number of hydrogen-bond acceptors (Lipinski definition) is 3. The van der Waals surface area contributed by atoms with Gasteiger partial charge in [0.05, 0.1) is 21.1 Å². The number of carbonyl (C=O) groups excluding carboxylic acids is 1. The summed E-state index contributed by atoms with van der Waals surface area (Å²) in [7, 11) is 0. The van der Waals surface area contributed by atoms with Gasteiger partial charge in [0.15, 0.2) is 0 Å². The van der Waals surface area contributed by atoms with E-state index in [2.05, 4.69) is 26.2 Å². The van der Waals surface area contributed by atoms with Gasteiger partial charge in [-0.05, 0) is 39.7 Å². The van der Waals surface area contributed by atoms with Crippen LogP contribution in [0.2, 0.25) is 0 Å². The molecular weight excluding hydrogens is 360 g/mol. The van der Waals surface area contributed by atoms with Crippen molar-refractivity contribution < 1.29 is 4.79 Å². The van der Waals surface area contributed by atoms with Crippen molar-refractivity contribution in [1.29, 1.82) is 0 Å². The van der Waals surface area contributed by atoms with Crippen molar-refractivity contribution in [3.8, 4) is 0 Å². The molecule has 1 N–H and O–H groups in total. The van der Waals surface area contributed by atoms with E-state index in [-0.39, 0.29) is 11.9 Å². The molecule has 1 atom stereocenters. The summed E-state index contributed by atoms with van der Waals surface area (Å²) in [6.45, 7) is 0. The van der Waals surface area contributed by atoms with Crippen molar-refractivity contribution in [1.82, 2.24) is 10.3 Å². The van der Waals surface area contributed by atoms with Gasteiger partial charge in [-0.25, -0.2) is 0 Å². The number of pyridine rings is 1. The molecule has 1 amide bonds. The number of halogens is 1. The molecule has 3 aromatic rings. The van der Waals surface area contributed by atoms with Crippen LogP contribution in [0.3, 0.4) is 0 Å². The van der Waals surface area contributed by atoms with Crippen LogP contribution in [0.25, 0.3) is 0 Å². The molecule has 0 radical (unpaired) electrons. The fourth-order valence-corrected chi connectivity index (χ4v) is 3.30. The Hall–Kier alpha value is -1.98. The highest BCUT2D eigenvalue weighted by Gasteiger charge is 2.19. The molecule has 0 fully saturated rings. The number of carbonyl (C=O) groups is 1. The molecule has 110 valence electrons. The lowest BCUT2D eigenvalue weighted by Gasteiger charge is -2.18. The monoisotopic (exact) mass is 372 g/mol. The molecule has 0 aliphatic carbocycles. The first-order valence-corrected chi connectivity index (χ1v) is 8.42. The average Bonchev–Trinajstić information content (AvgIpc) is 3.01. The molecule has 0 aliphatic rings. The highest BCUT2D eigenvalue weighted by Crippen LogP contribution is 2.23. The smallest absolute Gasteiger partial charge is 0.252 e. The molecule has 0 bridgehead atoms. The lowest BCUT2D eigenvalue weighted by atomic mass is 10.0. The Balaban J connectivity index is 1.91. The zero-order valence-corrected chi connectivity index (χ0v) is 14.0. The van der Waals surface area contributed by atoms with Gasteiger partial charge < -0.3 is 5.32 Å². The van der Waals surface area contributed by atoms with Crippen LogP contribution in [0.15, 0.2) is 70.0 Å². The predicted octanol–water partition coefficient (Wildman–Crippen LogP) is 4.43. The Kier molecular flexibility index (Phi) is 4.65. The van der Waals surface area contributed by atoms with Crippen LogP contribution in [0.4, 0.5) is 0 Å². The minimum Gasteiger partial charge on any atom is -0.340 e. The van der Waals surface area contributed by atoms with Crippen LogP contribution < -0.4 is 5.32 Å². The van der Waals surface area contributed by atoms with Gasteiger partial charge in [0, 0.05) is 11.6 Å². The topological polar surface area (TPSA) is 42.0 Å². The summed E-state index contributed by atoms with van der Waals surface area (Å²) in [6, 6.07) is 17.1. The molecule has 0 saturated carbocycles. The Labute approximate surface area is 141 Å². The van der Waals surface area contributed by atoms with E-state index in [9.17, 15) is 4.79 Å². The Morgan fingerprint density at radius 3 is 2.55 bits per heavy atom. The van der Waals surface area contributed by atoms with Crippen molar-refractivity contribution in [2.75, 3.05) is 0 Å². The SMILES string of the molecule is O=C(N[C@@H](c1ccccc1)c1ccccn1)c1csc(Br)c1. The van der Waals surface area contributed by atoms with Gasteiger partial charge in [-0.2, -0.15) is 0 Å². The van der Waals surface area contributed by atoms with Crippen LogP contribution in [0.5, 0.6) is 0 Å². The summed E-state index contributed by atoms with van der Waals surface area (Å²) in [6.07, 6.45) is 1.73. The van der Waals surface area contributed by atoms with Crippen LogP contribution >= 0.6 is 27.3 Å². The molecular formula is C17H13BrN2OS. The number of nitrogens with one attached hydrogen (secondary N) is 1. The molecule has 3 rings (SSSR count). The van der Waals surface area contributed by atoms with Gasteiger partial charge in [0.2, 0.25) is 0 Å². The maximum absolute atomic E-state index is 12.5. The number of rotatable bonds is 4. The Morgan fingerprint density at radius 2 is 1.91 bits per heavy atom. The number of aromatic nitrogens is 1. The minimum atomic E-state index is -0.270. The second kappa shape index (κ2) is 6.85. The summed E-state index contributed by atoms with van der Waals surface area (Å²) >= 11 is 4.87. The van der Waals surface area contributed by atoms with E-state index in [0.717, 1.165) is 15.0 Å². The number of nitrogens with zero attached hydrogens (tertiary/aromatic N) is 1. The highest BCUT2D eigenvalue weighted by atomic mass is 79.9. The van der Waals surface area contributed by atoms with Gasteiger partial charge in [-0.3, -0.25) is 9.78 Å². The fourth-order valence-electron chi connectivity index (χ4n) is 2.16. The van der Waals surface area contributed by atoms with Crippen molar-refractivity contribution in [2.45, 2.75) is 6.04 Å². The molecule has 2 aromatic heterocycles. The molecule has 0 spiro atoms. The third-order valence-electron chi connectivity index (χ3n) is 3.22. The number of amides is 1. The van der Waals surface area contributed by atoms with Gasteiger partial charge in [-0.1, -0.05) is 36.4 Å². The van der Waals surface area contributed by atoms with Crippen molar-refractivity contribution in [3.05, 3.63) is 86.8 Å². The average molecular weight is 373 g/mol. The second-order valence-electron chi connectivity index (χ2n) is 4.71. The number of hydrogen-bond donors (Lipinski definition) is 1. The normalized spacial score (nSPS) is 11.9. The Bertz CT molecular complexity index is 719. The van der Waals surface area contributed by atoms with Crippen LogP contribution in [-0.4, -0.2) is 10.9 Å². The first kappa shape index (κ1) is 14.9. The molecule has 1 aromatic carbocycles. The number of benzene rings is 1. The van der Waals surface area contributed by atoms with Crippen LogP contribution in [-0.2, 0) is 0 Å². The zero-order valence-electron chi connectivity index (χ0n) is 11.6. The maximum Gasteiger partial charge on any atom is 0.252 e. The van der Waals surface area contributed by atoms with E-state index in [1.165, 1.54) is 11.3 Å². The van der Waals surface area contributed by atoms with E-state index in [1.807, 2.05) is 60.0 Å². The van der Waals surface area contributed by atoms with E-state index >= 15 is 0 Å². The minimum absolute atomic E-state index is 0.110.